The molecule has 150 valence electrons. The highest BCUT2D eigenvalue weighted by molar-refractivity contribution is 7.13. The van der Waals surface area contributed by atoms with Gasteiger partial charge in [0, 0.05) is 23.8 Å². The summed E-state index contributed by atoms with van der Waals surface area (Å²) in [6, 6.07) is 0. The topological polar surface area (TPSA) is 113 Å². The Morgan fingerprint density at radius 2 is 2.07 bits per heavy atom. The van der Waals surface area contributed by atoms with Gasteiger partial charge in [0.05, 0.1) is 23.4 Å². The number of Topliss-reactive ketones (excluding diaryl/α,β-unsaturated/α-hetero) is 1. The van der Waals surface area contributed by atoms with Crippen molar-refractivity contribution in [1.29, 1.82) is 0 Å². The van der Waals surface area contributed by atoms with E-state index in [1.165, 1.54) is 11.3 Å². The van der Waals surface area contributed by atoms with Crippen LogP contribution in [0.25, 0.3) is 0 Å². The molecule has 0 unspecified atom stereocenters. The van der Waals surface area contributed by atoms with Gasteiger partial charge in [-0.2, -0.15) is 0 Å². The SMILES string of the molecule is Cc1c(C(=O)Nc2nccs2)c2n(c1C(=O)C(=O)NC(C)(C)CO)CCCC2. The Bertz CT molecular complexity index is 915. The summed E-state index contributed by atoms with van der Waals surface area (Å²) in [5.41, 5.74) is 1.03. The van der Waals surface area contributed by atoms with Gasteiger partial charge in [0.1, 0.15) is 0 Å². The van der Waals surface area contributed by atoms with Crippen LogP contribution >= 0.6 is 11.3 Å². The molecule has 1 aliphatic heterocycles. The molecule has 28 heavy (non-hydrogen) atoms. The first kappa shape index (κ1) is 20.2. The number of aliphatic hydroxyl groups is 1. The molecule has 0 bridgehead atoms. The number of carbonyl (C=O) groups is 3. The lowest BCUT2D eigenvalue weighted by atomic mass is 10.0. The van der Waals surface area contributed by atoms with Crippen LogP contribution in [0.2, 0.25) is 0 Å². The largest absolute Gasteiger partial charge is 0.394 e. The van der Waals surface area contributed by atoms with Crippen LogP contribution in [0.4, 0.5) is 5.13 Å². The average Bonchev–Trinajstić information content (AvgIpc) is 3.25. The molecule has 0 spiro atoms. The number of nitrogens with one attached hydrogen (secondary N) is 2. The molecule has 3 heterocycles. The van der Waals surface area contributed by atoms with Crippen molar-refractivity contribution in [3.8, 4) is 0 Å². The van der Waals surface area contributed by atoms with Crippen molar-refractivity contribution in [3.05, 3.63) is 34.1 Å². The normalized spacial score (nSPS) is 13.7. The number of hydrogen-bond donors (Lipinski definition) is 3. The van der Waals surface area contributed by atoms with Gasteiger partial charge in [-0.3, -0.25) is 19.7 Å². The lowest BCUT2D eigenvalue weighted by Crippen LogP contribution is -2.49. The fraction of sp³-hybridized carbons (Fsp3) is 0.474. The molecular weight excluding hydrogens is 380 g/mol. The van der Waals surface area contributed by atoms with Gasteiger partial charge in [0.15, 0.2) is 5.13 Å². The Labute approximate surface area is 167 Å². The van der Waals surface area contributed by atoms with Crippen molar-refractivity contribution in [2.24, 2.45) is 0 Å². The number of hydrogen-bond acceptors (Lipinski definition) is 6. The van der Waals surface area contributed by atoms with E-state index in [1.54, 1.807) is 36.9 Å². The molecule has 1 aliphatic rings. The molecule has 2 amide bonds. The van der Waals surface area contributed by atoms with Gasteiger partial charge >= 0.3 is 0 Å². The number of aliphatic hydroxyl groups excluding tert-OH is 1. The lowest BCUT2D eigenvalue weighted by molar-refractivity contribution is -0.119. The van der Waals surface area contributed by atoms with E-state index in [-0.39, 0.29) is 18.2 Å². The molecule has 0 aromatic carbocycles. The predicted octanol–water partition coefficient (Wildman–Crippen LogP) is 1.91. The summed E-state index contributed by atoms with van der Waals surface area (Å²) in [4.78, 5) is 42.4. The first-order chi connectivity index (χ1) is 13.2. The average molecular weight is 404 g/mol. The Balaban J connectivity index is 1.98. The smallest absolute Gasteiger partial charge is 0.294 e. The van der Waals surface area contributed by atoms with Crippen LogP contribution in [0.15, 0.2) is 11.6 Å². The second-order valence-electron chi connectivity index (χ2n) is 7.52. The Hall–Kier alpha value is -2.52. The molecule has 9 heteroatoms. The summed E-state index contributed by atoms with van der Waals surface area (Å²) >= 11 is 1.31. The molecule has 0 radical (unpaired) electrons. The van der Waals surface area contributed by atoms with Gasteiger partial charge < -0.3 is 15.0 Å². The second kappa shape index (κ2) is 7.84. The Morgan fingerprint density at radius 1 is 1.32 bits per heavy atom. The lowest BCUT2D eigenvalue weighted by Gasteiger charge is -2.23. The zero-order chi connectivity index (χ0) is 20.5. The predicted molar refractivity (Wildman–Crippen MR) is 106 cm³/mol. The monoisotopic (exact) mass is 404 g/mol. The minimum atomic E-state index is -0.914. The summed E-state index contributed by atoms with van der Waals surface area (Å²) in [6.45, 7) is 5.24. The zero-order valence-corrected chi connectivity index (χ0v) is 17.0. The van der Waals surface area contributed by atoms with Crippen molar-refractivity contribution in [2.45, 2.75) is 52.1 Å². The van der Waals surface area contributed by atoms with Crippen LogP contribution in [-0.2, 0) is 17.8 Å². The maximum atomic E-state index is 12.9. The van der Waals surface area contributed by atoms with Crippen molar-refractivity contribution < 1.29 is 19.5 Å². The fourth-order valence-electron chi connectivity index (χ4n) is 3.43. The van der Waals surface area contributed by atoms with Gasteiger partial charge in [-0.05, 0) is 45.6 Å². The molecule has 0 saturated heterocycles. The number of amides is 2. The van der Waals surface area contributed by atoms with E-state index < -0.39 is 17.2 Å². The van der Waals surface area contributed by atoms with Crippen molar-refractivity contribution >= 4 is 34.1 Å². The molecule has 0 aliphatic carbocycles. The fourth-order valence-corrected chi connectivity index (χ4v) is 3.95. The standard InChI is InChI=1S/C19H24N4O4S/c1-11-13(16(26)21-18-20-7-9-28-18)12-6-4-5-8-23(12)14(11)15(25)17(27)22-19(2,3)10-24/h7,9,24H,4-6,8,10H2,1-3H3,(H,22,27)(H,20,21,26). The molecular formula is C19H24N4O4S. The first-order valence-electron chi connectivity index (χ1n) is 9.15. The van der Waals surface area contributed by atoms with E-state index >= 15 is 0 Å². The zero-order valence-electron chi connectivity index (χ0n) is 16.2. The van der Waals surface area contributed by atoms with Crippen molar-refractivity contribution in [3.63, 3.8) is 0 Å². The third-order valence-corrected chi connectivity index (χ3v) is 5.50. The van der Waals surface area contributed by atoms with Gasteiger partial charge in [-0.15, -0.1) is 11.3 Å². The maximum absolute atomic E-state index is 12.9. The Kier molecular flexibility index (Phi) is 5.66. The Morgan fingerprint density at radius 3 is 2.71 bits per heavy atom. The van der Waals surface area contributed by atoms with Crippen LogP contribution in [-0.4, -0.2) is 44.4 Å². The number of aromatic nitrogens is 2. The van der Waals surface area contributed by atoms with Crippen molar-refractivity contribution in [1.82, 2.24) is 14.9 Å². The van der Waals surface area contributed by atoms with Crippen LogP contribution in [0.5, 0.6) is 0 Å². The minimum absolute atomic E-state index is 0.241. The second-order valence-corrected chi connectivity index (χ2v) is 8.42. The highest BCUT2D eigenvalue weighted by Crippen LogP contribution is 2.29. The third kappa shape index (κ3) is 3.85. The molecule has 2 aromatic heterocycles. The quantitative estimate of drug-likeness (QED) is 0.503. The third-order valence-electron chi connectivity index (χ3n) is 4.81. The molecule has 0 atom stereocenters. The molecule has 0 saturated carbocycles. The maximum Gasteiger partial charge on any atom is 0.294 e. The van der Waals surface area contributed by atoms with E-state index in [9.17, 15) is 19.5 Å². The van der Waals surface area contributed by atoms with E-state index in [1.807, 2.05) is 0 Å². The molecule has 8 nitrogen and oxygen atoms in total. The number of carbonyl (C=O) groups excluding carboxylic acids is 3. The number of ketones is 1. The van der Waals surface area contributed by atoms with E-state index in [0.717, 1.165) is 18.5 Å². The summed E-state index contributed by atoms with van der Waals surface area (Å²) in [5, 5.41) is 16.9. The van der Waals surface area contributed by atoms with Crippen LogP contribution in [0.1, 0.15) is 58.8 Å². The summed E-state index contributed by atoms with van der Waals surface area (Å²) in [5.74, 6) is -1.82. The van der Waals surface area contributed by atoms with Gasteiger partial charge in [0.25, 0.3) is 17.6 Å². The molecule has 2 aromatic rings. The number of thiazole rings is 1. The molecule has 0 fully saturated rings. The van der Waals surface area contributed by atoms with Gasteiger partial charge in [0.2, 0.25) is 0 Å². The molecule has 3 N–H and O–H groups in total. The first-order valence-corrected chi connectivity index (χ1v) is 10.0. The number of nitrogens with zero attached hydrogens (tertiary/aromatic N) is 2. The van der Waals surface area contributed by atoms with E-state index in [2.05, 4.69) is 15.6 Å². The number of anilines is 1. The summed E-state index contributed by atoms with van der Waals surface area (Å²) in [6.07, 6.45) is 4.06. The van der Waals surface area contributed by atoms with Crippen LogP contribution in [0.3, 0.4) is 0 Å². The summed E-state index contributed by atoms with van der Waals surface area (Å²) < 4.78 is 1.80. The van der Waals surface area contributed by atoms with Crippen LogP contribution in [0, 0.1) is 6.92 Å². The number of fused-ring (bicyclic) bond motifs is 1. The minimum Gasteiger partial charge on any atom is -0.394 e. The van der Waals surface area contributed by atoms with Crippen LogP contribution < -0.4 is 10.6 Å². The summed E-state index contributed by atoms with van der Waals surface area (Å²) in [7, 11) is 0. The van der Waals surface area contributed by atoms with Gasteiger partial charge in [-0.25, -0.2) is 4.98 Å². The van der Waals surface area contributed by atoms with Crippen molar-refractivity contribution in [2.75, 3.05) is 11.9 Å². The van der Waals surface area contributed by atoms with E-state index in [4.69, 9.17) is 0 Å². The highest BCUT2D eigenvalue weighted by atomic mass is 32.1. The van der Waals surface area contributed by atoms with E-state index in [0.29, 0.717) is 29.2 Å². The van der Waals surface area contributed by atoms with Gasteiger partial charge in [-0.1, -0.05) is 0 Å². The highest BCUT2D eigenvalue weighted by Gasteiger charge is 2.33. The molecule has 3 rings (SSSR count). The number of rotatable bonds is 6.